The number of nitrogens with one attached hydrogen (secondary N) is 3. The van der Waals surface area contributed by atoms with E-state index in [2.05, 4.69) is 16.0 Å². The van der Waals surface area contributed by atoms with Crippen molar-refractivity contribution < 1.29 is 18.0 Å². The number of carbonyl (C=O) groups is 1. The minimum absolute atomic E-state index is 0.0219. The van der Waals surface area contributed by atoms with Crippen LogP contribution in [0.2, 0.25) is 0 Å². The molecule has 3 rings (SSSR count). The fourth-order valence-corrected chi connectivity index (χ4v) is 3.71. The van der Waals surface area contributed by atoms with E-state index in [0.29, 0.717) is 24.5 Å². The van der Waals surface area contributed by atoms with Crippen LogP contribution in [0.4, 0.5) is 18.9 Å². The highest BCUT2D eigenvalue weighted by atomic mass is 32.2. The summed E-state index contributed by atoms with van der Waals surface area (Å²) in [5.74, 6) is 0.284. The summed E-state index contributed by atoms with van der Waals surface area (Å²) in [6, 6.07) is 5.40. The molecule has 0 bridgehead atoms. The highest BCUT2D eigenvalue weighted by molar-refractivity contribution is 8.00. The van der Waals surface area contributed by atoms with Gasteiger partial charge in [-0.1, -0.05) is 6.07 Å². The smallest absolute Gasteiger partial charge is 0.324 e. The fourth-order valence-electron chi connectivity index (χ4n) is 2.93. The van der Waals surface area contributed by atoms with Crippen LogP contribution in [0.15, 0.2) is 23.1 Å². The average Bonchev–Trinajstić information content (AvgIpc) is 2.52. The third-order valence-corrected chi connectivity index (χ3v) is 5.38. The third-order valence-electron chi connectivity index (χ3n) is 4.31. The van der Waals surface area contributed by atoms with Crippen molar-refractivity contribution in [3.05, 3.63) is 23.8 Å². The van der Waals surface area contributed by atoms with Gasteiger partial charge in [0.15, 0.2) is 0 Å². The zero-order valence-corrected chi connectivity index (χ0v) is 13.2. The summed E-state index contributed by atoms with van der Waals surface area (Å²) in [5, 5.41) is 8.45. The molecule has 1 saturated heterocycles. The summed E-state index contributed by atoms with van der Waals surface area (Å²) < 4.78 is 40.4. The minimum atomic E-state index is -4.28. The van der Waals surface area contributed by atoms with Crippen LogP contribution >= 0.6 is 11.8 Å². The van der Waals surface area contributed by atoms with E-state index in [9.17, 15) is 18.0 Å². The number of hydrogen-bond donors (Lipinski definition) is 3. The molecule has 0 aliphatic carbocycles. The second-order valence-electron chi connectivity index (χ2n) is 5.85. The van der Waals surface area contributed by atoms with E-state index in [-0.39, 0.29) is 25.3 Å². The predicted octanol–water partition coefficient (Wildman–Crippen LogP) is 2.50. The Hall–Kier alpha value is -1.25. The molecule has 1 aromatic carbocycles. The summed E-state index contributed by atoms with van der Waals surface area (Å²) in [6.07, 6.45) is -4.24. The first-order valence-electron chi connectivity index (χ1n) is 7.48. The molecule has 2 aliphatic rings. The molecule has 4 nitrogen and oxygen atoms in total. The Labute approximate surface area is 136 Å². The molecule has 2 heterocycles. The maximum absolute atomic E-state index is 13.5. The molecule has 1 aromatic rings. The largest absolute Gasteiger partial charge is 0.406 e. The number of carbonyl (C=O) groups excluding carboxylic acids is 1. The van der Waals surface area contributed by atoms with E-state index < -0.39 is 11.7 Å². The molecule has 1 amide bonds. The van der Waals surface area contributed by atoms with Crippen LogP contribution in [0.25, 0.3) is 0 Å². The van der Waals surface area contributed by atoms with Crippen molar-refractivity contribution in [1.29, 1.82) is 0 Å². The number of anilines is 1. The number of thioether (sulfide) groups is 1. The van der Waals surface area contributed by atoms with E-state index in [4.69, 9.17) is 0 Å². The van der Waals surface area contributed by atoms with E-state index in [1.165, 1.54) is 11.8 Å². The normalized spacial score (nSPS) is 20.7. The SMILES string of the molecule is O=C1CSc2ccc(CNC3(C(F)(F)F)CCNCC3)cc2N1. The van der Waals surface area contributed by atoms with Gasteiger partial charge in [-0.25, -0.2) is 0 Å². The van der Waals surface area contributed by atoms with Gasteiger partial charge >= 0.3 is 6.18 Å². The molecular weight excluding hydrogens is 327 g/mol. The van der Waals surface area contributed by atoms with Crippen LogP contribution in [0.1, 0.15) is 18.4 Å². The van der Waals surface area contributed by atoms with Crippen molar-refractivity contribution in [3.63, 3.8) is 0 Å². The summed E-state index contributed by atoms with van der Waals surface area (Å²) >= 11 is 1.43. The first-order chi connectivity index (χ1) is 10.9. The Morgan fingerprint density at radius 2 is 2.00 bits per heavy atom. The van der Waals surface area contributed by atoms with Gasteiger partial charge in [0.25, 0.3) is 0 Å². The second-order valence-corrected chi connectivity index (χ2v) is 6.87. The number of amides is 1. The fraction of sp³-hybridized carbons (Fsp3) is 0.533. The molecule has 2 aliphatic heterocycles. The van der Waals surface area contributed by atoms with Gasteiger partial charge in [0.2, 0.25) is 5.91 Å². The lowest BCUT2D eigenvalue weighted by molar-refractivity contribution is -0.204. The molecule has 3 N–H and O–H groups in total. The molecule has 0 atom stereocenters. The molecule has 23 heavy (non-hydrogen) atoms. The van der Waals surface area contributed by atoms with E-state index in [0.717, 1.165) is 10.5 Å². The first-order valence-corrected chi connectivity index (χ1v) is 8.46. The van der Waals surface area contributed by atoms with E-state index in [1.54, 1.807) is 6.07 Å². The standard InChI is InChI=1S/C15H18F3N3OS/c16-15(17,18)14(3-5-19-6-4-14)20-8-10-1-2-12-11(7-10)21-13(22)9-23-12/h1-2,7,19-20H,3-6,8-9H2,(H,21,22). The molecule has 8 heteroatoms. The zero-order valence-electron chi connectivity index (χ0n) is 12.4. The summed E-state index contributed by atoms with van der Waals surface area (Å²) in [7, 11) is 0. The van der Waals surface area contributed by atoms with Crippen LogP contribution in [-0.2, 0) is 11.3 Å². The number of benzene rings is 1. The first kappa shape index (κ1) is 16.6. The van der Waals surface area contributed by atoms with Crippen molar-refractivity contribution in [2.75, 3.05) is 24.2 Å². The molecule has 0 aromatic heterocycles. The van der Waals surface area contributed by atoms with Crippen LogP contribution in [0, 0.1) is 0 Å². The Morgan fingerprint density at radius 3 is 2.70 bits per heavy atom. The highest BCUT2D eigenvalue weighted by Crippen LogP contribution is 2.38. The molecule has 0 spiro atoms. The van der Waals surface area contributed by atoms with Crippen molar-refractivity contribution in [2.45, 2.75) is 36.0 Å². The summed E-state index contributed by atoms with van der Waals surface area (Å²) in [6.45, 7) is 0.820. The van der Waals surface area contributed by atoms with Gasteiger partial charge in [0.05, 0.1) is 11.4 Å². The second kappa shape index (κ2) is 6.33. The molecule has 0 saturated carbocycles. The third kappa shape index (κ3) is 3.49. The number of alkyl halides is 3. The number of fused-ring (bicyclic) bond motifs is 1. The topological polar surface area (TPSA) is 53.2 Å². The molecule has 0 unspecified atom stereocenters. The zero-order chi connectivity index (χ0) is 16.5. The molecule has 0 radical (unpaired) electrons. The van der Waals surface area contributed by atoms with Gasteiger partial charge < -0.3 is 10.6 Å². The number of piperidine rings is 1. The van der Waals surface area contributed by atoms with Gasteiger partial charge in [-0.05, 0) is 43.6 Å². The Morgan fingerprint density at radius 1 is 1.26 bits per heavy atom. The Bertz CT molecular complexity index is 600. The van der Waals surface area contributed by atoms with E-state index >= 15 is 0 Å². The number of rotatable bonds is 3. The lowest BCUT2D eigenvalue weighted by Crippen LogP contribution is -2.61. The summed E-state index contributed by atoms with van der Waals surface area (Å²) in [4.78, 5) is 12.4. The predicted molar refractivity (Wildman–Crippen MR) is 83.5 cm³/mol. The van der Waals surface area contributed by atoms with Crippen LogP contribution in [-0.4, -0.2) is 36.5 Å². The van der Waals surface area contributed by atoms with Gasteiger partial charge in [-0.3, -0.25) is 10.1 Å². The quantitative estimate of drug-likeness (QED) is 0.788. The highest BCUT2D eigenvalue weighted by Gasteiger charge is 2.54. The van der Waals surface area contributed by atoms with E-state index in [1.807, 2.05) is 12.1 Å². The van der Waals surface area contributed by atoms with Crippen molar-refractivity contribution in [1.82, 2.24) is 10.6 Å². The summed E-state index contributed by atoms with van der Waals surface area (Å²) in [5.41, 5.74) is -0.433. The van der Waals surface area contributed by atoms with Crippen molar-refractivity contribution in [2.24, 2.45) is 0 Å². The lowest BCUT2D eigenvalue weighted by Gasteiger charge is -2.40. The molecule has 126 valence electrons. The van der Waals surface area contributed by atoms with Crippen molar-refractivity contribution >= 4 is 23.4 Å². The monoisotopic (exact) mass is 345 g/mol. The van der Waals surface area contributed by atoms with Gasteiger partial charge in [0, 0.05) is 11.4 Å². The Balaban J connectivity index is 1.74. The van der Waals surface area contributed by atoms with Crippen LogP contribution in [0.3, 0.4) is 0 Å². The number of halogens is 3. The van der Waals surface area contributed by atoms with Crippen molar-refractivity contribution in [3.8, 4) is 0 Å². The maximum Gasteiger partial charge on any atom is 0.406 e. The molecule has 1 fully saturated rings. The van der Waals surface area contributed by atoms with Crippen LogP contribution in [0.5, 0.6) is 0 Å². The molecular formula is C15H18F3N3OS. The maximum atomic E-state index is 13.5. The minimum Gasteiger partial charge on any atom is -0.324 e. The van der Waals surface area contributed by atoms with Gasteiger partial charge in [0.1, 0.15) is 5.54 Å². The van der Waals surface area contributed by atoms with Gasteiger partial charge in [-0.2, -0.15) is 13.2 Å². The van der Waals surface area contributed by atoms with Crippen LogP contribution < -0.4 is 16.0 Å². The number of hydrogen-bond acceptors (Lipinski definition) is 4. The Kier molecular flexibility index (Phi) is 4.57. The van der Waals surface area contributed by atoms with Gasteiger partial charge in [-0.15, -0.1) is 11.8 Å². The lowest BCUT2D eigenvalue weighted by atomic mass is 9.87. The average molecular weight is 345 g/mol.